The molecule has 1 aliphatic rings. The van der Waals surface area contributed by atoms with Gasteiger partial charge >= 0.3 is 0 Å². The van der Waals surface area contributed by atoms with Gasteiger partial charge < -0.3 is 10.5 Å². The summed E-state index contributed by atoms with van der Waals surface area (Å²) in [5.74, 6) is 5.54. The van der Waals surface area contributed by atoms with E-state index in [-0.39, 0.29) is 11.4 Å². The second kappa shape index (κ2) is 6.16. The van der Waals surface area contributed by atoms with E-state index in [1.165, 1.54) is 0 Å². The highest BCUT2D eigenvalue weighted by atomic mass is 32.2. The predicted molar refractivity (Wildman–Crippen MR) is 81.3 cm³/mol. The summed E-state index contributed by atoms with van der Waals surface area (Å²) in [5.41, 5.74) is 6.22. The molecule has 1 fully saturated rings. The SMILES string of the molecule is Cc1ccc(S(=O)(=O)NC2(C)CCOC2)c(C#CCN)c1. The van der Waals surface area contributed by atoms with E-state index in [1.807, 2.05) is 13.8 Å². The lowest BCUT2D eigenvalue weighted by Crippen LogP contribution is -2.46. The van der Waals surface area contributed by atoms with Crippen LogP contribution in [0.5, 0.6) is 0 Å². The van der Waals surface area contributed by atoms with E-state index in [1.54, 1.807) is 18.2 Å². The molecule has 0 radical (unpaired) electrons. The number of sulfonamides is 1. The van der Waals surface area contributed by atoms with Crippen LogP contribution >= 0.6 is 0 Å². The van der Waals surface area contributed by atoms with Crippen molar-refractivity contribution < 1.29 is 13.2 Å². The number of hydrogen-bond acceptors (Lipinski definition) is 4. The summed E-state index contributed by atoms with van der Waals surface area (Å²) in [6.07, 6.45) is 0.655. The molecule has 0 bridgehead atoms. The van der Waals surface area contributed by atoms with Crippen LogP contribution in [-0.4, -0.2) is 33.7 Å². The lowest BCUT2D eigenvalue weighted by molar-refractivity contribution is 0.178. The molecule has 1 atom stereocenters. The van der Waals surface area contributed by atoms with Gasteiger partial charge in [0.25, 0.3) is 0 Å². The summed E-state index contributed by atoms with van der Waals surface area (Å²) in [7, 11) is -3.65. The number of nitrogens with two attached hydrogens (primary N) is 1. The number of nitrogens with one attached hydrogen (secondary N) is 1. The van der Waals surface area contributed by atoms with Crippen molar-refractivity contribution >= 4 is 10.0 Å². The van der Waals surface area contributed by atoms with E-state index in [0.29, 0.717) is 25.2 Å². The second-order valence-corrected chi connectivity index (χ2v) is 7.13. The fraction of sp³-hybridized carbons (Fsp3) is 0.467. The standard InChI is InChI=1S/C15H20N2O3S/c1-12-5-6-14(13(10-12)4-3-8-16)21(18,19)17-15(2)7-9-20-11-15/h5-6,10,17H,7-9,11,16H2,1-2H3. The van der Waals surface area contributed by atoms with Gasteiger partial charge in [0.2, 0.25) is 10.0 Å². The molecule has 1 unspecified atom stereocenters. The van der Waals surface area contributed by atoms with Crippen LogP contribution in [0.25, 0.3) is 0 Å². The zero-order chi connectivity index (χ0) is 15.5. The Hall–Kier alpha value is -1.39. The molecule has 21 heavy (non-hydrogen) atoms. The van der Waals surface area contributed by atoms with Crippen LogP contribution in [0, 0.1) is 18.8 Å². The molecule has 2 rings (SSSR count). The maximum atomic E-state index is 12.6. The highest BCUT2D eigenvalue weighted by molar-refractivity contribution is 7.89. The molecule has 5 nitrogen and oxygen atoms in total. The molecule has 0 saturated carbocycles. The van der Waals surface area contributed by atoms with Crippen LogP contribution in [0.3, 0.4) is 0 Å². The summed E-state index contributed by atoms with van der Waals surface area (Å²) in [5, 5.41) is 0. The Morgan fingerprint density at radius 2 is 2.24 bits per heavy atom. The fourth-order valence-corrected chi connectivity index (χ4v) is 3.82. The maximum absolute atomic E-state index is 12.6. The Kier molecular flexibility index (Phi) is 4.69. The van der Waals surface area contributed by atoms with E-state index < -0.39 is 15.6 Å². The summed E-state index contributed by atoms with van der Waals surface area (Å²) < 4.78 is 33.3. The van der Waals surface area contributed by atoms with Crippen LogP contribution in [0.1, 0.15) is 24.5 Å². The average Bonchev–Trinajstić information content (AvgIpc) is 2.81. The molecule has 3 N–H and O–H groups in total. The average molecular weight is 308 g/mol. The molecule has 114 valence electrons. The molecule has 0 aromatic heterocycles. The van der Waals surface area contributed by atoms with Crippen molar-refractivity contribution in [2.75, 3.05) is 19.8 Å². The monoisotopic (exact) mass is 308 g/mol. The van der Waals surface area contributed by atoms with Crippen LogP contribution in [0.4, 0.5) is 0 Å². The van der Waals surface area contributed by atoms with Crippen LogP contribution < -0.4 is 10.5 Å². The first-order valence-corrected chi connectivity index (χ1v) is 8.26. The zero-order valence-corrected chi connectivity index (χ0v) is 13.1. The first-order valence-electron chi connectivity index (χ1n) is 6.78. The highest BCUT2D eigenvalue weighted by Gasteiger charge is 2.35. The molecule has 0 spiro atoms. The number of aryl methyl sites for hydroxylation is 1. The van der Waals surface area contributed by atoms with Crippen molar-refractivity contribution in [1.29, 1.82) is 0 Å². The maximum Gasteiger partial charge on any atom is 0.242 e. The Balaban J connectivity index is 2.39. The molecule has 1 aliphatic heterocycles. The van der Waals surface area contributed by atoms with Crippen molar-refractivity contribution in [3.05, 3.63) is 29.3 Å². The van der Waals surface area contributed by atoms with Crippen molar-refractivity contribution in [3.63, 3.8) is 0 Å². The number of ether oxygens (including phenoxy) is 1. The fourth-order valence-electron chi connectivity index (χ4n) is 2.25. The van der Waals surface area contributed by atoms with Gasteiger partial charge in [-0.05, 0) is 38.0 Å². The summed E-state index contributed by atoms with van der Waals surface area (Å²) in [4.78, 5) is 0.183. The minimum atomic E-state index is -3.65. The predicted octanol–water partition coefficient (Wildman–Crippen LogP) is 0.763. The zero-order valence-electron chi connectivity index (χ0n) is 12.3. The third kappa shape index (κ3) is 3.83. The van der Waals surface area contributed by atoms with Gasteiger partial charge in [-0.15, -0.1) is 0 Å². The highest BCUT2D eigenvalue weighted by Crippen LogP contribution is 2.23. The van der Waals surface area contributed by atoms with Crippen molar-refractivity contribution in [2.45, 2.75) is 30.7 Å². The van der Waals surface area contributed by atoms with Crippen molar-refractivity contribution in [2.24, 2.45) is 5.73 Å². The molecule has 6 heteroatoms. The number of benzene rings is 1. The van der Waals surface area contributed by atoms with E-state index in [0.717, 1.165) is 5.56 Å². The normalized spacial score (nSPS) is 21.9. The lowest BCUT2D eigenvalue weighted by atomic mass is 10.0. The van der Waals surface area contributed by atoms with Gasteiger partial charge in [-0.2, -0.15) is 0 Å². The number of hydrogen-bond donors (Lipinski definition) is 2. The molecular formula is C15H20N2O3S. The van der Waals surface area contributed by atoms with Crippen LogP contribution in [0.2, 0.25) is 0 Å². The molecule has 0 aliphatic carbocycles. The van der Waals surface area contributed by atoms with Gasteiger partial charge in [0, 0.05) is 12.2 Å². The van der Waals surface area contributed by atoms with Gasteiger partial charge in [0.05, 0.1) is 23.6 Å². The van der Waals surface area contributed by atoms with Gasteiger partial charge in [-0.1, -0.05) is 17.9 Å². The van der Waals surface area contributed by atoms with E-state index in [2.05, 4.69) is 16.6 Å². The molecular weight excluding hydrogens is 288 g/mol. The van der Waals surface area contributed by atoms with Crippen molar-refractivity contribution in [1.82, 2.24) is 4.72 Å². The van der Waals surface area contributed by atoms with Crippen LogP contribution in [0.15, 0.2) is 23.1 Å². The largest absolute Gasteiger partial charge is 0.379 e. The molecule has 1 heterocycles. The van der Waals surface area contributed by atoms with Gasteiger partial charge in [0.15, 0.2) is 0 Å². The molecule has 0 amide bonds. The van der Waals surface area contributed by atoms with E-state index >= 15 is 0 Å². The lowest BCUT2D eigenvalue weighted by Gasteiger charge is -2.23. The van der Waals surface area contributed by atoms with Gasteiger partial charge in [-0.25, -0.2) is 13.1 Å². The molecule has 1 aromatic rings. The van der Waals surface area contributed by atoms with Crippen LogP contribution in [-0.2, 0) is 14.8 Å². The Bertz CT molecular complexity index is 681. The first kappa shape index (κ1) is 16.0. The Labute approximate surface area is 125 Å². The summed E-state index contributed by atoms with van der Waals surface area (Å²) >= 11 is 0. The minimum Gasteiger partial charge on any atom is -0.379 e. The quantitative estimate of drug-likeness (QED) is 0.808. The third-order valence-electron chi connectivity index (χ3n) is 3.35. The topological polar surface area (TPSA) is 81.4 Å². The second-order valence-electron chi connectivity index (χ2n) is 5.47. The Morgan fingerprint density at radius 3 is 2.86 bits per heavy atom. The Morgan fingerprint density at radius 1 is 1.48 bits per heavy atom. The van der Waals surface area contributed by atoms with Gasteiger partial charge in [-0.3, -0.25) is 0 Å². The smallest absolute Gasteiger partial charge is 0.242 e. The van der Waals surface area contributed by atoms with E-state index in [4.69, 9.17) is 10.5 Å². The summed E-state index contributed by atoms with van der Waals surface area (Å²) in [6, 6.07) is 5.09. The third-order valence-corrected chi connectivity index (χ3v) is 5.05. The molecule has 1 aromatic carbocycles. The molecule has 1 saturated heterocycles. The first-order chi connectivity index (χ1) is 9.86. The van der Waals surface area contributed by atoms with Gasteiger partial charge in [0.1, 0.15) is 0 Å². The minimum absolute atomic E-state index is 0.183. The van der Waals surface area contributed by atoms with Crippen molar-refractivity contribution in [3.8, 4) is 11.8 Å². The number of rotatable bonds is 3. The van der Waals surface area contributed by atoms with E-state index in [9.17, 15) is 8.42 Å². The summed E-state index contributed by atoms with van der Waals surface area (Å²) in [6.45, 7) is 4.86.